The minimum Gasteiger partial charge on any atom is -0.313 e. The van der Waals surface area contributed by atoms with Gasteiger partial charge in [-0.2, -0.15) is 0 Å². The topological polar surface area (TPSA) is 42.7 Å². The molecule has 0 saturated heterocycles. The molecule has 18 heavy (non-hydrogen) atoms. The second kappa shape index (κ2) is 6.52. The van der Waals surface area contributed by atoms with Crippen molar-refractivity contribution >= 4 is 11.6 Å². The maximum absolute atomic E-state index is 5.92. The maximum atomic E-state index is 5.92. The molecule has 0 aliphatic rings. The van der Waals surface area contributed by atoms with Crippen molar-refractivity contribution in [1.82, 2.24) is 20.3 Å². The van der Waals surface area contributed by atoms with E-state index < -0.39 is 0 Å². The third-order valence-corrected chi connectivity index (χ3v) is 3.07. The Balaban J connectivity index is 1.69. The van der Waals surface area contributed by atoms with Crippen molar-refractivity contribution in [2.45, 2.75) is 26.4 Å². The molecular formula is C13H17ClN4. The minimum atomic E-state index is 0.794. The Hall–Kier alpha value is -1.39. The predicted molar refractivity (Wildman–Crippen MR) is 72.5 cm³/mol. The van der Waals surface area contributed by atoms with Crippen LogP contribution in [0.5, 0.6) is 0 Å². The smallest absolute Gasteiger partial charge is 0.0692 e. The average Bonchev–Trinajstić information content (AvgIpc) is 2.84. The van der Waals surface area contributed by atoms with Gasteiger partial charge in [-0.3, -0.25) is 4.68 Å². The fourth-order valence-electron chi connectivity index (χ4n) is 1.80. The summed E-state index contributed by atoms with van der Waals surface area (Å²) in [6.07, 6.45) is 4.61. The van der Waals surface area contributed by atoms with Crippen molar-refractivity contribution < 1.29 is 0 Å². The fourth-order valence-corrected chi connectivity index (χ4v) is 2.03. The number of aromatic nitrogens is 3. The highest BCUT2D eigenvalue weighted by atomic mass is 35.5. The van der Waals surface area contributed by atoms with Gasteiger partial charge in [0.1, 0.15) is 0 Å². The molecule has 1 aromatic carbocycles. The molecule has 0 radical (unpaired) electrons. The van der Waals surface area contributed by atoms with E-state index in [4.69, 9.17) is 11.6 Å². The molecule has 0 fully saturated rings. The second-order valence-electron chi connectivity index (χ2n) is 4.27. The summed E-state index contributed by atoms with van der Waals surface area (Å²) in [6, 6.07) is 6.00. The number of hydrogen-bond acceptors (Lipinski definition) is 3. The van der Waals surface area contributed by atoms with Crippen LogP contribution in [0.4, 0.5) is 0 Å². The molecule has 0 amide bonds. The van der Waals surface area contributed by atoms with Crippen molar-refractivity contribution in [3.05, 3.63) is 46.7 Å². The van der Waals surface area contributed by atoms with E-state index in [0.717, 1.165) is 31.1 Å². The van der Waals surface area contributed by atoms with Gasteiger partial charge in [-0.1, -0.05) is 22.9 Å². The summed E-state index contributed by atoms with van der Waals surface area (Å²) in [5, 5.41) is 11.9. The fraction of sp³-hybridized carbons (Fsp3) is 0.385. The summed E-state index contributed by atoms with van der Waals surface area (Å²) in [5.41, 5.74) is 2.52. The molecule has 0 saturated carbocycles. The first kappa shape index (κ1) is 13.1. The number of nitrogens with one attached hydrogen (secondary N) is 1. The number of halogens is 1. The zero-order chi connectivity index (χ0) is 12.8. The number of hydrogen-bond donors (Lipinski definition) is 1. The van der Waals surface area contributed by atoms with E-state index in [1.165, 1.54) is 11.1 Å². The van der Waals surface area contributed by atoms with Gasteiger partial charge in [0.2, 0.25) is 0 Å². The molecule has 4 nitrogen and oxygen atoms in total. The van der Waals surface area contributed by atoms with Crippen LogP contribution in [-0.4, -0.2) is 21.5 Å². The molecular weight excluding hydrogens is 248 g/mol. The number of aryl methyl sites for hydroxylation is 2. The van der Waals surface area contributed by atoms with Crippen LogP contribution in [0.25, 0.3) is 0 Å². The van der Waals surface area contributed by atoms with E-state index in [1.54, 1.807) is 6.20 Å². The standard InChI is InChI=1S/C13H17ClN4/c1-11-9-13(14)4-3-12(11)10-15-5-2-7-18-8-6-16-17-18/h3-4,6,8-9,15H,2,5,7,10H2,1H3. The van der Waals surface area contributed by atoms with E-state index in [0.29, 0.717) is 0 Å². The molecule has 5 heteroatoms. The summed E-state index contributed by atoms with van der Waals surface area (Å²) in [7, 11) is 0. The summed E-state index contributed by atoms with van der Waals surface area (Å²) in [5.74, 6) is 0. The van der Waals surface area contributed by atoms with Crippen LogP contribution in [0.1, 0.15) is 17.5 Å². The van der Waals surface area contributed by atoms with Crippen molar-refractivity contribution in [1.29, 1.82) is 0 Å². The Morgan fingerprint density at radius 3 is 3.00 bits per heavy atom. The Bertz CT molecular complexity index is 482. The van der Waals surface area contributed by atoms with Crippen LogP contribution in [0.2, 0.25) is 5.02 Å². The first-order chi connectivity index (χ1) is 8.75. The Morgan fingerprint density at radius 1 is 1.39 bits per heavy atom. The van der Waals surface area contributed by atoms with Crippen molar-refractivity contribution in [2.24, 2.45) is 0 Å². The summed E-state index contributed by atoms with van der Waals surface area (Å²) in [4.78, 5) is 0. The van der Waals surface area contributed by atoms with E-state index in [2.05, 4.69) is 28.6 Å². The van der Waals surface area contributed by atoms with Gasteiger partial charge in [0.05, 0.1) is 6.20 Å². The summed E-state index contributed by atoms with van der Waals surface area (Å²) in [6.45, 7) is 4.81. The van der Waals surface area contributed by atoms with Crippen LogP contribution in [0, 0.1) is 6.92 Å². The molecule has 96 valence electrons. The van der Waals surface area contributed by atoms with Crippen molar-refractivity contribution in [3.8, 4) is 0 Å². The Labute approximate surface area is 112 Å². The zero-order valence-corrected chi connectivity index (χ0v) is 11.2. The van der Waals surface area contributed by atoms with Gasteiger partial charge in [0, 0.05) is 24.3 Å². The molecule has 0 unspecified atom stereocenters. The SMILES string of the molecule is Cc1cc(Cl)ccc1CNCCCn1ccnn1. The van der Waals surface area contributed by atoms with E-state index >= 15 is 0 Å². The minimum absolute atomic E-state index is 0.794. The predicted octanol–water partition coefficient (Wildman–Crippen LogP) is 2.42. The highest BCUT2D eigenvalue weighted by molar-refractivity contribution is 6.30. The largest absolute Gasteiger partial charge is 0.313 e. The highest BCUT2D eigenvalue weighted by Crippen LogP contribution is 2.14. The normalized spacial score (nSPS) is 10.8. The zero-order valence-electron chi connectivity index (χ0n) is 10.4. The van der Waals surface area contributed by atoms with Gasteiger partial charge in [-0.15, -0.1) is 5.10 Å². The van der Waals surface area contributed by atoms with Gasteiger partial charge in [-0.25, -0.2) is 0 Å². The number of nitrogens with zero attached hydrogens (tertiary/aromatic N) is 3. The number of rotatable bonds is 6. The molecule has 1 heterocycles. The number of benzene rings is 1. The van der Waals surface area contributed by atoms with Gasteiger partial charge in [-0.05, 0) is 43.1 Å². The van der Waals surface area contributed by atoms with Gasteiger partial charge in [0.15, 0.2) is 0 Å². The van der Waals surface area contributed by atoms with Crippen LogP contribution in [-0.2, 0) is 13.1 Å². The van der Waals surface area contributed by atoms with E-state index in [-0.39, 0.29) is 0 Å². The third kappa shape index (κ3) is 3.82. The van der Waals surface area contributed by atoms with Crippen molar-refractivity contribution in [2.75, 3.05) is 6.54 Å². The van der Waals surface area contributed by atoms with Crippen LogP contribution in [0.15, 0.2) is 30.6 Å². The van der Waals surface area contributed by atoms with E-state index in [9.17, 15) is 0 Å². The molecule has 0 atom stereocenters. The first-order valence-electron chi connectivity index (χ1n) is 6.05. The summed E-state index contributed by atoms with van der Waals surface area (Å²) < 4.78 is 1.84. The lowest BCUT2D eigenvalue weighted by atomic mass is 10.1. The quantitative estimate of drug-likeness (QED) is 0.815. The summed E-state index contributed by atoms with van der Waals surface area (Å²) >= 11 is 5.92. The molecule has 0 aliphatic heterocycles. The molecule has 0 bridgehead atoms. The molecule has 0 aliphatic carbocycles. The molecule has 1 aromatic heterocycles. The molecule has 2 rings (SSSR count). The molecule has 2 aromatic rings. The highest BCUT2D eigenvalue weighted by Gasteiger charge is 1.99. The molecule has 0 spiro atoms. The van der Waals surface area contributed by atoms with Gasteiger partial charge >= 0.3 is 0 Å². The lowest BCUT2D eigenvalue weighted by Crippen LogP contribution is -2.17. The monoisotopic (exact) mass is 264 g/mol. The average molecular weight is 265 g/mol. The van der Waals surface area contributed by atoms with Crippen LogP contribution in [0.3, 0.4) is 0 Å². The van der Waals surface area contributed by atoms with E-state index in [1.807, 2.05) is 23.0 Å². The lowest BCUT2D eigenvalue weighted by Gasteiger charge is -2.08. The Kier molecular flexibility index (Phi) is 4.73. The third-order valence-electron chi connectivity index (χ3n) is 2.83. The second-order valence-corrected chi connectivity index (χ2v) is 4.70. The first-order valence-corrected chi connectivity index (χ1v) is 6.43. The molecule has 1 N–H and O–H groups in total. The van der Waals surface area contributed by atoms with Crippen LogP contribution < -0.4 is 5.32 Å². The lowest BCUT2D eigenvalue weighted by molar-refractivity contribution is 0.530. The van der Waals surface area contributed by atoms with Crippen LogP contribution >= 0.6 is 11.6 Å². The maximum Gasteiger partial charge on any atom is 0.0692 e. The van der Waals surface area contributed by atoms with Gasteiger partial charge in [0.25, 0.3) is 0 Å². The van der Waals surface area contributed by atoms with Crippen molar-refractivity contribution in [3.63, 3.8) is 0 Å². The van der Waals surface area contributed by atoms with Gasteiger partial charge < -0.3 is 5.32 Å². The Morgan fingerprint density at radius 2 is 2.28 bits per heavy atom.